The van der Waals surface area contributed by atoms with Crippen molar-refractivity contribution in [2.45, 2.75) is 11.0 Å². The minimum absolute atomic E-state index is 0.0678. The third kappa shape index (κ3) is 4.55. The maximum atomic E-state index is 14.9. The number of likely N-dealkylation sites (tertiary alicyclic amines) is 1. The maximum Gasteiger partial charge on any atom is 0.264 e. The Morgan fingerprint density at radius 3 is 2.53 bits per heavy atom. The number of hydrogen-bond donors (Lipinski definition) is 1. The van der Waals surface area contributed by atoms with Crippen molar-refractivity contribution in [3.63, 3.8) is 0 Å². The standard InChI is InChI=1S/C26H22FN3O5S/c1-34-22-8-2-3-9-23(22)35-19-15-30(16-19)26(31)18-11-12-21(20(27)14-18)29-36(32,33)24-10-4-6-17-7-5-13-28-25(17)24/h2-14,19,29H,15-16H2,1H3. The number of methoxy groups -OCH3 is 1. The number of hydrogen-bond acceptors (Lipinski definition) is 6. The van der Waals surface area contributed by atoms with E-state index in [2.05, 4.69) is 9.71 Å². The molecule has 0 saturated carbocycles. The molecule has 1 aromatic heterocycles. The number of nitrogens with zero attached hydrogens (tertiary/aromatic N) is 2. The SMILES string of the molecule is COc1ccccc1OC1CN(C(=O)c2ccc(NS(=O)(=O)c3cccc4cccnc34)c(F)c2)C1. The molecule has 10 heteroatoms. The normalized spacial score (nSPS) is 13.8. The summed E-state index contributed by atoms with van der Waals surface area (Å²) in [5.74, 6) is -0.0516. The summed E-state index contributed by atoms with van der Waals surface area (Å²) in [6, 6.07) is 19.1. The van der Waals surface area contributed by atoms with Gasteiger partial charge in [0.2, 0.25) is 0 Å². The Labute approximate surface area is 207 Å². The van der Waals surface area contributed by atoms with Gasteiger partial charge < -0.3 is 14.4 Å². The lowest BCUT2D eigenvalue weighted by Gasteiger charge is -2.39. The fraction of sp³-hybridized carbons (Fsp3) is 0.154. The average Bonchev–Trinajstić information content (AvgIpc) is 2.86. The summed E-state index contributed by atoms with van der Waals surface area (Å²) in [6.07, 6.45) is 1.28. The Bertz CT molecular complexity index is 1550. The molecular weight excluding hydrogens is 485 g/mol. The number of rotatable bonds is 7. The highest BCUT2D eigenvalue weighted by atomic mass is 32.2. The van der Waals surface area contributed by atoms with Crippen molar-refractivity contribution in [2.24, 2.45) is 0 Å². The second-order valence-electron chi connectivity index (χ2n) is 8.23. The minimum atomic E-state index is -4.12. The van der Waals surface area contributed by atoms with Gasteiger partial charge in [0.05, 0.1) is 31.4 Å². The van der Waals surface area contributed by atoms with E-state index in [4.69, 9.17) is 9.47 Å². The van der Waals surface area contributed by atoms with E-state index in [1.54, 1.807) is 43.5 Å². The van der Waals surface area contributed by atoms with Crippen LogP contribution in [0.4, 0.5) is 10.1 Å². The Kier molecular flexibility index (Phi) is 6.19. The van der Waals surface area contributed by atoms with Crippen molar-refractivity contribution in [3.05, 3.63) is 90.4 Å². The molecule has 0 radical (unpaired) electrons. The van der Waals surface area contributed by atoms with Crippen molar-refractivity contribution in [1.29, 1.82) is 0 Å². The van der Waals surface area contributed by atoms with Crippen LogP contribution < -0.4 is 14.2 Å². The Morgan fingerprint density at radius 1 is 1.03 bits per heavy atom. The zero-order valence-corrected chi connectivity index (χ0v) is 20.0. The minimum Gasteiger partial charge on any atom is -0.493 e. The summed E-state index contributed by atoms with van der Waals surface area (Å²) in [5.41, 5.74) is 0.126. The van der Waals surface area contributed by atoms with Gasteiger partial charge in [0.1, 0.15) is 16.8 Å². The fourth-order valence-corrected chi connectivity index (χ4v) is 5.23. The maximum absolute atomic E-state index is 14.9. The van der Waals surface area contributed by atoms with Gasteiger partial charge in [0.15, 0.2) is 11.5 Å². The van der Waals surface area contributed by atoms with Gasteiger partial charge in [0.25, 0.3) is 15.9 Å². The van der Waals surface area contributed by atoms with Crippen LogP contribution in [0.2, 0.25) is 0 Å². The Morgan fingerprint density at radius 2 is 1.78 bits per heavy atom. The first kappa shape index (κ1) is 23.6. The summed E-state index contributed by atoms with van der Waals surface area (Å²) >= 11 is 0. The lowest BCUT2D eigenvalue weighted by atomic mass is 10.1. The van der Waals surface area contributed by atoms with Crippen LogP contribution in [0.25, 0.3) is 10.9 Å². The number of fused-ring (bicyclic) bond motifs is 1. The number of pyridine rings is 1. The van der Waals surface area contributed by atoms with E-state index < -0.39 is 15.8 Å². The zero-order chi connectivity index (χ0) is 25.3. The molecule has 0 atom stereocenters. The van der Waals surface area contributed by atoms with Gasteiger partial charge in [0, 0.05) is 17.1 Å². The molecule has 184 valence electrons. The van der Waals surface area contributed by atoms with E-state index in [-0.39, 0.29) is 33.7 Å². The first-order valence-electron chi connectivity index (χ1n) is 11.1. The van der Waals surface area contributed by atoms with Gasteiger partial charge in [-0.25, -0.2) is 12.8 Å². The first-order chi connectivity index (χ1) is 17.4. The number of anilines is 1. The molecule has 1 saturated heterocycles. The number of halogens is 1. The predicted octanol–water partition coefficient (Wildman–Crippen LogP) is 4.09. The highest BCUT2D eigenvalue weighted by Gasteiger charge is 2.33. The van der Waals surface area contributed by atoms with E-state index in [1.807, 2.05) is 12.1 Å². The quantitative estimate of drug-likeness (QED) is 0.405. The smallest absolute Gasteiger partial charge is 0.264 e. The first-order valence-corrected chi connectivity index (χ1v) is 12.6. The van der Waals surface area contributed by atoms with Gasteiger partial charge >= 0.3 is 0 Å². The third-order valence-electron chi connectivity index (χ3n) is 5.84. The molecule has 0 unspecified atom stereocenters. The van der Waals surface area contributed by atoms with Crippen molar-refractivity contribution < 1.29 is 27.1 Å². The van der Waals surface area contributed by atoms with E-state index in [9.17, 15) is 17.6 Å². The lowest BCUT2D eigenvalue weighted by Crippen LogP contribution is -2.56. The fourth-order valence-electron chi connectivity index (χ4n) is 3.98. The summed E-state index contributed by atoms with van der Waals surface area (Å²) < 4.78 is 54.2. The summed E-state index contributed by atoms with van der Waals surface area (Å²) in [5, 5.41) is 0.643. The second-order valence-corrected chi connectivity index (χ2v) is 9.88. The molecule has 1 aliphatic rings. The van der Waals surface area contributed by atoms with Crippen molar-refractivity contribution >= 4 is 32.5 Å². The van der Waals surface area contributed by atoms with Gasteiger partial charge in [-0.05, 0) is 42.5 Å². The molecule has 2 heterocycles. The highest BCUT2D eigenvalue weighted by Crippen LogP contribution is 2.30. The zero-order valence-electron chi connectivity index (χ0n) is 19.2. The van der Waals surface area contributed by atoms with Crippen molar-refractivity contribution in [1.82, 2.24) is 9.88 Å². The average molecular weight is 508 g/mol. The topological polar surface area (TPSA) is 97.8 Å². The molecule has 0 spiro atoms. The number of carbonyl (C=O) groups excluding carboxylic acids is 1. The van der Waals surface area contributed by atoms with E-state index in [0.717, 1.165) is 6.07 Å². The second kappa shape index (κ2) is 9.46. The number of carbonyl (C=O) groups is 1. The van der Waals surface area contributed by atoms with Crippen LogP contribution in [0, 0.1) is 5.82 Å². The van der Waals surface area contributed by atoms with Crippen LogP contribution in [0.15, 0.2) is 83.9 Å². The largest absolute Gasteiger partial charge is 0.493 e. The van der Waals surface area contributed by atoms with Crippen LogP contribution in [-0.2, 0) is 10.0 Å². The van der Waals surface area contributed by atoms with Crippen molar-refractivity contribution in [3.8, 4) is 11.5 Å². The van der Waals surface area contributed by atoms with Gasteiger partial charge in [-0.1, -0.05) is 30.3 Å². The number of ether oxygens (including phenoxy) is 2. The highest BCUT2D eigenvalue weighted by molar-refractivity contribution is 7.93. The molecule has 5 rings (SSSR count). The number of benzene rings is 3. The Hall–Kier alpha value is -4.18. The molecular formula is C26H22FN3O5S. The number of amides is 1. The molecule has 3 aromatic carbocycles. The van der Waals surface area contributed by atoms with Gasteiger partial charge in [-0.15, -0.1) is 0 Å². The molecule has 1 aliphatic heterocycles. The third-order valence-corrected chi connectivity index (χ3v) is 7.24. The molecule has 0 bridgehead atoms. The number of sulfonamides is 1. The van der Waals surface area contributed by atoms with Crippen LogP contribution in [0.3, 0.4) is 0 Å². The van der Waals surface area contributed by atoms with Crippen LogP contribution >= 0.6 is 0 Å². The summed E-state index contributed by atoms with van der Waals surface area (Å²) in [7, 11) is -2.57. The molecule has 1 N–H and O–H groups in total. The number of para-hydroxylation sites is 3. The van der Waals surface area contributed by atoms with Crippen LogP contribution in [0.5, 0.6) is 11.5 Å². The van der Waals surface area contributed by atoms with E-state index >= 15 is 0 Å². The van der Waals surface area contributed by atoms with Gasteiger partial charge in [-0.3, -0.25) is 14.5 Å². The molecule has 1 fully saturated rings. The molecule has 1 amide bonds. The van der Waals surface area contributed by atoms with Crippen LogP contribution in [-0.4, -0.2) is 50.5 Å². The van der Waals surface area contributed by atoms with E-state index in [1.165, 1.54) is 29.3 Å². The van der Waals surface area contributed by atoms with Crippen molar-refractivity contribution in [2.75, 3.05) is 24.9 Å². The monoisotopic (exact) mass is 507 g/mol. The summed E-state index contributed by atoms with van der Waals surface area (Å²) in [4.78, 5) is 18.4. The molecule has 4 aromatic rings. The van der Waals surface area contributed by atoms with E-state index in [0.29, 0.717) is 30.0 Å². The number of nitrogens with one attached hydrogen (secondary N) is 1. The summed E-state index contributed by atoms with van der Waals surface area (Å²) in [6.45, 7) is 0.669. The predicted molar refractivity (Wildman–Crippen MR) is 132 cm³/mol. The molecule has 0 aliphatic carbocycles. The lowest BCUT2D eigenvalue weighted by molar-refractivity contribution is 0.0168. The number of aromatic nitrogens is 1. The van der Waals surface area contributed by atoms with Crippen LogP contribution in [0.1, 0.15) is 10.4 Å². The van der Waals surface area contributed by atoms with Gasteiger partial charge in [-0.2, -0.15) is 0 Å². The Balaban J connectivity index is 1.27. The molecule has 36 heavy (non-hydrogen) atoms. The molecule has 8 nitrogen and oxygen atoms in total.